The van der Waals surface area contributed by atoms with Crippen molar-refractivity contribution < 1.29 is 24.2 Å². The first-order valence-electron chi connectivity index (χ1n) is 13.8. The maximum atomic E-state index is 13.2. The summed E-state index contributed by atoms with van der Waals surface area (Å²) in [6, 6.07) is 6.45. The van der Waals surface area contributed by atoms with Crippen LogP contribution in [0.25, 0.3) is 0 Å². The molecule has 0 aromatic heterocycles. The fraction of sp³-hybridized carbons (Fsp3) is 0.690. The fourth-order valence-electron chi connectivity index (χ4n) is 4.56. The monoisotopic (exact) mass is 566 g/mol. The molecule has 39 heavy (non-hydrogen) atoms. The molecule has 220 valence electrons. The number of halogens is 1. The van der Waals surface area contributed by atoms with Gasteiger partial charge in [0.15, 0.2) is 0 Å². The Bertz CT molecular complexity index is 994. The second-order valence-electron chi connectivity index (χ2n) is 12.4. The van der Waals surface area contributed by atoms with Crippen molar-refractivity contribution in [2.45, 2.75) is 91.5 Å². The zero-order chi connectivity index (χ0) is 29.5. The molecule has 1 aliphatic rings. The second-order valence-corrected chi connectivity index (χ2v) is 12.8. The van der Waals surface area contributed by atoms with Gasteiger partial charge in [0.05, 0.1) is 29.4 Å². The van der Waals surface area contributed by atoms with Crippen molar-refractivity contribution in [2.24, 2.45) is 11.8 Å². The molecule has 0 spiro atoms. The number of hydrogen-bond donors (Lipinski definition) is 3. The van der Waals surface area contributed by atoms with E-state index < -0.39 is 35.3 Å². The van der Waals surface area contributed by atoms with E-state index >= 15 is 0 Å². The number of aliphatic hydroxyl groups excluding tert-OH is 1. The van der Waals surface area contributed by atoms with E-state index in [2.05, 4.69) is 10.6 Å². The van der Waals surface area contributed by atoms with Crippen LogP contribution in [0, 0.1) is 11.8 Å². The Balaban J connectivity index is 2.24. The predicted molar refractivity (Wildman–Crippen MR) is 155 cm³/mol. The molecule has 9 nitrogen and oxygen atoms in total. The van der Waals surface area contributed by atoms with Crippen molar-refractivity contribution in [1.29, 1.82) is 0 Å². The molecular weight excluding hydrogens is 520 g/mol. The molecular formula is C29H47ClN4O5. The highest BCUT2D eigenvalue weighted by molar-refractivity contribution is 6.33. The van der Waals surface area contributed by atoms with Crippen LogP contribution in [-0.4, -0.2) is 77.4 Å². The summed E-state index contributed by atoms with van der Waals surface area (Å²) in [6.45, 7) is 16.4. The lowest BCUT2D eigenvalue weighted by Crippen LogP contribution is -2.65. The van der Waals surface area contributed by atoms with Crippen LogP contribution in [0.1, 0.15) is 68.2 Å². The van der Waals surface area contributed by atoms with Crippen LogP contribution in [0.4, 0.5) is 10.5 Å². The summed E-state index contributed by atoms with van der Waals surface area (Å²) in [5.74, 6) is -0.367. The predicted octanol–water partition coefficient (Wildman–Crippen LogP) is 4.21. The van der Waals surface area contributed by atoms with Gasteiger partial charge < -0.3 is 25.4 Å². The van der Waals surface area contributed by atoms with Crippen molar-refractivity contribution in [2.75, 3.05) is 31.1 Å². The lowest BCUT2D eigenvalue weighted by Gasteiger charge is -2.48. The summed E-state index contributed by atoms with van der Waals surface area (Å²) in [7, 11) is 0. The van der Waals surface area contributed by atoms with Crippen LogP contribution < -0.4 is 15.5 Å². The van der Waals surface area contributed by atoms with Crippen molar-refractivity contribution >= 4 is 35.2 Å². The van der Waals surface area contributed by atoms with E-state index in [0.29, 0.717) is 36.1 Å². The average Bonchev–Trinajstić information content (AvgIpc) is 2.81. The quantitative estimate of drug-likeness (QED) is 0.370. The van der Waals surface area contributed by atoms with Gasteiger partial charge in [-0.15, -0.1) is 0 Å². The van der Waals surface area contributed by atoms with Crippen molar-refractivity contribution in [3.8, 4) is 0 Å². The van der Waals surface area contributed by atoms with Gasteiger partial charge in [-0.25, -0.2) is 4.79 Å². The molecule has 1 saturated heterocycles. The molecule has 3 amide bonds. The first kappa shape index (κ1) is 32.8. The number of carbonyl (C=O) groups is 3. The van der Waals surface area contributed by atoms with E-state index in [-0.39, 0.29) is 31.3 Å². The third-order valence-corrected chi connectivity index (χ3v) is 7.15. The van der Waals surface area contributed by atoms with Gasteiger partial charge in [0.1, 0.15) is 5.60 Å². The lowest BCUT2D eigenvalue weighted by molar-refractivity contribution is -0.126. The maximum Gasteiger partial charge on any atom is 0.408 e. The maximum absolute atomic E-state index is 13.2. The van der Waals surface area contributed by atoms with E-state index in [9.17, 15) is 19.5 Å². The molecule has 1 aliphatic heterocycles. The highest BCUT2D eigenvalue weighted by Crippen LogP contribution is 2.31. The van der Waals surface area contributed by atoms with E-state index in [1.807, 2.05) is 57.7 Å². The molecule has 1 heterocycles. The number of anilines is 1. The standard InChI is InChI=1S/C29H47ClN4O5/c1-9-20(26(37)31-15-19(2)3)14-24(35)22(32-27(38)39-28(4,5)6)16-33-17-25(36)34(18-29(33,7)8)23-13-11-10-12-21(23)30/h10-13,19-20,22,24,35H,9,14-18H2,1-8H3,(H,31,37)(H,32,38)/t20-,22+,24+/m1/s1. The topological polar surface area (TPSA) is 111 Å². The smallest absolute Gasteiger partial charge is 0.408 e. The van der Waals surface area contributed by atoms with Gasteiger partial charge in [0.2, 0.25) is 11.8 Å². The molecule has 0 bridgehead atoms. The number of nitrogens with zero attached hydrogens (tertiary/aromatic N) is 2. The number of amides is 3. The summed E-state index contributed by atoms with van der Waals surface area (Å²) >= 11 is 6.38. The Morgan fingerprint density at radius 2 is 1.85 bits per heavy atom. The van der Waals surface area contributed by atoms with Gasteiger partial charge in [-0.1, -0.05) is 44.5 Å². The van der Waals surface area contributed by atoms with E-state index in [1.54, 1.807) is 31.7 Å². The summed E-state index contributed by atoms with van der Waals surface area (Å²) in [6.07, 6.45) is -1.00. The highest BCUT2D eigenvalue weighted by atomic mass is 35.5. The molecule has 3 N–H and O–H groups in total. The molecule has 0 unspecified atom stereocenters. The highest BCUT2D eigenvalue weighted by Gasteiger charge is 2.41. The Morgan fingerprint density at radius 3 is 2.41 bits per heavy atom. The molecule has 1 aromatic carbocycles. The van der Waals surface area contributed by atoms with Crippen LogP contribution in [0.3, 0.4) is 0 Å². The summed E-state index contributed by atoms with van der Waals surface area (Å²) < 4.78 is 5.46. The number of ether oxygens (including phenoxy) is 1. The number of para-hydroxylation sites is 1. The Kier molecular flexibility index (Phi) is 11.6. The molecule has 3 atom stereocenters. The zero-order valence-corrected chi connectivity index (χ0v) is 25.5. The van der Waals surface area contributed by atoms with Crippen LogP contribution in [0.15, 0.2) is 24.3 Å². The van der Waals surface area contributed by atoms with Gasteiger partial charge in [0, 0.05) is 31.1 Å². The number of hydrogen-bond acceptors (Lipinski definition) is 6. The molecule has 0 radical (unpaired) electrons. The lowest BCUT2D eigenvalue weighted by atomic mass is 9.91. The molecule has 0 aliphatic carbocycles. The normalized spacial score (nSPS) is 18.4. The van der Waals surface area contributed by atoms with E-state index in [4.69, 9.17) is 16.3 Å². The minimum absolute atomic E-state index is 0.0729. The first-order chi connectivity index (χ1) is 18.0. The summed E-state index contributed by atoms with van der Waals surface area (Å²) in [5.41, 5.74) is -0.573. The minimum Gasteiger partial charge on any atom is -0.444 e. The van der Waals surface area contributed by atoms with Gasteiger partial charge in [-0.3, -0.25) is 14.5 Å². The number of carbonyl (C=O) groups excluding carboxylic acids is 3. The zero-order valence-electron chi connectivity index (χ0n) is 24.7. The van der Waals surface area contributed by atoms with E-state index in [0.717, 1.165) is 0 Å². The van der Waals surface area contributed by atoms with Crippen LogP contribution in [0.5, 0.6) is 0 Å². The molecule has 10 heteroatoms. The average molecular weight is 567 g/mol. The Labute approximate surface area is 238 Å². The molecule has 1 aromatic rings. The van der Waals surface area contributed by atoms with Crippen LogP contribution >= 0.6 is 11.6 Å². The number of piperazine rings is 1. The van der Waals surface area contributed by atoms with Gasteiger partial charge in [-0.05, 0) is 65.5 Å². The number of aliphatic hydroxyl groups is 1. The van der Waals surface area contributed by atoms with Crippen LogP contribution in [-0.2, 0) is 14.3 Å². The summed E-state index contributed by atoms with van der Waals surface area (Å²) in [4.78, 5) is 42.4. The van der Waals surface area contributed by atoms with Gasteiger partial charge in [0.25, 0.3) is 0 Å². The SMILES string of the molecule is CC[C@H](C[C@H](O)[C@H](CN1CC(=O)N(c2ccccc2Cl)CC1(C)C)NC(=O)OC(C)(C)C)C(=O)NCC(C)C. The summed E-state index contributed by atoms with van der Waals surface area (Å²) in [5, 5.41) is 17.6. The third kappa shape index (κ3) is 9.96. The number of benzene rings is 1. The minimum atomic E-state index is -1.04. The number of alkyl carbamates (subject to hydrolysis) is 1. The second kappa shape index (κ2) is 13.8. The Morgan fingerprint density at radius 1 is 1.21 bits per heavy atom. The molecule has 1 fully saturated rings. The largest absolute Gasteiger partial charge is 0.444 e. The van der Waals surface area contributed by atoms with Gasteiger partial charge >= 0.3 is 6.09 Å². The molecule has 0 saturated carbocycles. The van der Waals surface area contributed by atoms with Crippen molar-refractivity contribution in [1.82, 2.24) is 15.5 Å². The number of nitrogens with one attached hydrogen (secondary N) is 2. The van der Waals surface area contributed by atoms with E-state index in [1.165, 1.54) is 0 Å². The van der Waals surface area contributed by atoms with Crippen LogP contribution in [0.2, 0.25) is 5.02 Å². The third-order valence-electron chi connectivity index (χ3n) is 6.83. The van der Waals surface area contributed by atoms with Gasteiger partial charge in [-0.2, -0.15) is 0 Å². The Hall–Kier alpha value is -2.36. The van der Waals surface area contributed by atoms with Crippen molar-refractivity contribution in [3.63, 3.8) is 0 Å². The fourth-order valence-corrected chi connectivity index (χ4v) is 4.80. The molecule has 2 rings (SSSR count). The first-order valence-corrected chi connectivity index (χ1v) is 14.2. The van der Waals surface area contributed by atoms with Crippen molar-refractivity contribution in [3.05, 3.63) is 29.3 Å². The number of rotatable bonds is 11.